The van der Waals surface area contributed by atoms with Crippen LogP contribution in [0.15, 0.2) is 46.8 Å². The lowest BCUT2D eigenvalue weighted by Crippen LogP contribution is -2.43. The Morgan fingerprint density at radius 3 is 2.68 bits per heavy atom. The van der Waals surface area contributed by atoms with E-state index in [0.717, 1.165) is 17.0 Å². The van der Waals surface area contributed by atoms with Gasteiger partial charge in [0.1, 0.15) is 18.3 Å². The number of hydrogen-bond acceptors (Lipinski definition) is 8. The lowest BCUT2D eigenvalue weighted by Gasteiger charge is -2.38. The molecule has 0 bridgehead atoms. The number of esters is 2. The van der Waals surface area contributed by atoms with Gasteiger partial charge in [-0.05, 0) is 49.6 Å². The highest BCUT2D eigenvalue weighted by atomic mass is 32.2. The van der Waals surface area contributed by atoms with Gasteiger partial charge in [0.15, 0.2) is 5.78 Å². The van der Waals surface area contributed by atoms with Crippen LogP contribution in [0.2, 0.25) is 0 Å². The predicted molar refractivity (Wildman–Crippen MR) is 131 cm³/mol. The van der Waals surface area contributed by atoms with Crippen molar-refractivity contribution in [3.63, 3.8) is 0 Å². The first-order valence-corrected chi connectivity index (χ1v) is 12.8. The van der Waals surface area contributed by atoms with Crippen LogP contribution in [0.3, 0.4) is 0 Å². The SMILES string of the molecule is CCOc1cccc([C@H]2C(C(=O)OCCSCC)=C(C)NC3=C2C(=O)[C@H](C(=O)OC)[C@@H](C)C3)c1. The van der Waals surface area contributed by atoms with Crippen LogP contribution in [-0.4, -0.2) is 49.6 Å². The van der Waals surface area contributed by atoms with Crippen molar-refractivity contribution < 1.29 is 28.6 Å². The first-order chi connectivity index (χ1) is 16.3. The maximum absolute atomic E-state index is 13.7. The summed E-state index contributed by atoms with van der Waals surface area (Å²) in [5.41, 5.74) is 2.92. The van der Waals surface area contributed by atoms with Crippen molar-refractivity contribution >= 4 is 29.5 Å². The molecule has 1 aromatic rings. The molecule has 34 heavy (non-hydrogen) atoms. The molecule has 3 atom stereocenters. The van der Waals surface area contributed by atoms with Crippen LogP contribution in [0, 0.1) is 11.8 Å². The molecule has 184 valence electrons. The molecule has 0 saturated carbocycles. The van der Waals surface area contributed by atoms with Crippen LogP contribution in [0.25, 0.3) is 0 Å². The first-order valence-electron chi connectivity index (χ1n) is 11.6. The zero-order valence-electron chi connectivity index (χ0n) is 20.4. The zero-order valence-corrected chi connectivity index (χ0v) is 21.3. The van der Waals surface area contributed by atoms with Gasteiger partial charge in [0.2, 0.25) is 0 Å². The average Bonchev–Trinajstić information content (AvgIpc) is 2.81. The normalized spacial score (nSPS) is 22.1. The average molecular weight is 488 g/mol. The standard InChI is InChI=1S/C26H33NO6S/c1-6-32-18-10-8-9-17(14-18)22-21(26(30)33-11-12-34-7-2)16(4)27-19-13-15(3)20(25(29)31-5)24(28)23(19)22/h8-10,14-15,20,22,27H,6-7,11-13H2,1-5H3/t15-,20+,22-/m0/s1. The molecule has 2 aliphatic rings. The van der Waals surface area contributed by atoms with Crippen molar-refractivity contribution in [3.05, 3.63) is 52.4 Å². The van der Waals surface area contributed by atoms with Crippen molar-refractivity contribution in [2.75, 3.05) is 31.8 Å². The molecule has 1 N–H and O–H groups in total. The second-order valence-electron chi connectivity index (χ2n) is 8.37. The quantitative estimate of drug-likeness (QED) is 0.318. The van der Waals surface area contributed by atoms with E-state index < -0.39 is 23.8 Å². The smallest absolute Gasteiger partial charge is 0.336 e. The Balaban J connectivity index is 2.09. The number of carbonyl (C=O) groups excluding carboxylic acids is 3. The summed E-state index contributed by atoms with van der Waals surface area (Å²) >= 11 is 1.69. The summed E-state index contributed by atoms with van der Waals surface area (Å²) in [5, 5.41) is 3.28. The maximum Gasteiger partial charge on any atom is 0.336 e. The van der Waals surface area contributed by atoms with E-state index in [1.807, 2.05) is 52.0 Å². The van der Waals surface area contributed by atoms with Crippen molar-refractivity contribution in [3.8, 4) is 5.75 Å². The van der Waals surface area contributed by atoms with Gasteiger partial charge in [-0.3, -0.25) is 9.59 Å². The Morgan fingerprint density at radius 1 is 1.24 bits per heavy atom. The van der Waals surface area contributed by atoms with Gasteiger partial charge in [0.25, 0.3) is 0 Å². The lowest BCUT2D eigenvalue weighted by atomic mass is 9.69. The summed E-state index contributed by atoms with van der Waals surface area (Å²) in [5.74, 6) is -0.888. The molecule has 3 rings (SSSR count). The summed E-state index contributed by atoms with van der Waals surface area (Å²) in [6, 6.07) is 7.39. The Labute approximate surface area is 205 Å². The highest BCUT2D eigenvalue weighted by Crippen LogP contribution is 2.46. The minimum Gasteiger partial charge on any atom is -0.494 e. The van der Waals surface area contributed by atoms with Crippen LogP contribution in [0.5, 0.6) is 5.75 Å². The van der Waals surface area contributed by atoms with Gasteiger partial charge in [0, 0.05) is 28.6 Å². The van der Waals surface area contributed by atoms with Gasteiger partial charge in [-0.15, -0.1) is 0 Å². The van der Waals surface area contributed by atoms with Crippen molar-refractivity contribution in [1.82, 2.24) is 5.32 Å². The van der Waals surface area contributed by atoms with Crippen LogP contribution in [-0.2, 0) is 23.9 Å². The fourth-order valence-corrected chi connectivity index (χ4v) is 5.14. The number of allylic oxidation sites excluding steroid dienone is 3. The Hall–Kier alpha value is -2.74. The number of Topliss-reactive ketones (excluding diaryl/α,β-unsaturated/α-hetero) is 1. The highest BCUT2D eigenvalue weighted by Gasteiger charge is 2.47. The summed E-state index contributed by atoms with van der Waals surface area (Å²) in [6.07, 6.45) is 0.495. The molecule has 1 aromatic carbocycles. The topological polar surface area (TPSA) is 90.9 Å². The van der Waals surface area contributed by atoms with E-state index in [1.165, 1.54) is 7.11 Å². The molecular weight excluding hydrogens is 454 g/mol. The minimum atomic E-state index is -0.917. The Morgan fingerprint density at radius 2 is 2.00 bits per heavy atom. The lowest BCUT2D eigenvalue weighted by molar-refractivity contribution is -0.151. The third-order valence-electron chi connectivity index (χ3n) is 6.13. The fraction of sp³-hybridized carbons (Fsp3) is 0.500. The van der Waals surface area contributed by atoms with Crippen molar-refractivity contribution in [2.24, 2.45) is 11.8 Å². The molecule has 0 saturated heterocycles. The van der Waals surface area contributed by atoms with E-state index in [-0.39, 0.29) is 18.3 Å². The van der Waals surface area contributed by atoms with Crippen LogP contribution >= 0.6 is 11.8 Å². The fourth-order valence-electron chi connectivity index (χ4n) is 4.65. The molecule has 0 spiro atoms. The molecule has 1 aliphatic carbocycles. The second kappa shape index (κ2) is 11.6. The van der Waals surface area contributed by atoms with E-state index in [1.54, 1.807) is 11.8 Å². The highest BCUT2D eigenvalue weighted by molar-refractivity contribution is 7.99. The summed E-state index contributed by atoms with van der Waals surface area (Å²) in [6.45, 7) is 8.40. The molecule has 0 aromatic heterocycles. The number of dihydropyridines is 1. The number of benzene rings is 1. The maximum atomic E-state index is 13.7. The number of ketones is 1. The second-order valence-corrected chi connectivity index (χ2v) is 9.77. The molecule has 1 heterocycles. The minimum absolute atomic E-state index is 0.228. The Bertz CT molecular complexity index is 1010. The number of thioether (sulfide) groups is 1. The molecule has 0 radical (unpaired) electrons. The molecule has 1 aliphatic heterocycles. The largest absolute Gasteiger partial charge is 0.494 e. The number of rotatable bonds is 9. The summed E-state index contributed by atoms with van der Waals surface area (Å²) < 4.78 is 16.2. The van der Waals surface area contributed by atoms with E-state index in [9.17, 15) is 14.4 Å². The first kappa shape index (κ1) is 25.9. The van der Waals surface area contributed by atoms with Gasteiger partial charge in [-0.1, -0.05) is 26.0 Å². The molecule has 0 fully saturated rings. The zero-order chi connectivity index (χ0) is 24.8. The molecule has 0 unspecified atom stereocenters. The molecular formula is C26H33NO6S. The predicted octanol–water partition coefficient (Wildman–Crippen LogP) is 3.99. The number of carbonyl (C=O) groups is 3. The van der Waals surface area contributed by atoms with E-state index in [4.69, 9.17) is 14.2 Å². The molecule has 0 amide bonds. The Kier molecular flexibility index (Phi) is 8.83. The number of ether oxygens (including phenoxy) is 3. The van der Waals surface area contributed by atoms with Crippen LogP contribution in [0.4, 0.5) is 0 Å². The van der Waals surface area contributed by atoms with Gasteiger partial charge in [0.05, 0.1) is 19.3 Å². The third kappa shape index (κ3) is 5.32. The monoisotopic (exact) mass is 487 g/mol. The van der Waals surface area contributed by atoms with Gasteiger partial charge < -0.3 is 19.5 Å². The molecule has 7 nitrogen and oxygen atoms in total. The van der Waals surface area contributed by atoms with Gasteiger partial charge >= 0.3 is 11.9 Å². The van der Waals surface area contributed by atoms with Crippen molar-refractivity contribution in [1.29, 1.82) is 0 Å². The summed E-state index contributed by atoms with van der Waals surface area (Å²) in [7, 11) is 1.29. The van der Waals surface area contributed by atoms with E-state index in [2.05, 4.69) is 5.32 Å². The van der Waals surface area contributed by atoms with E-state index in [0.29, 0.717) is 41.4 Å². The van der Waals surface area contributed by atoms with Gasteiger partial charge in [-0.2, -0.15) is 11.8 Å². The van der Waals surface area contributed by atoms with Crippen LogP contribution in [0.1, 0.15) is 45.6 Å². The number of methoxy groups -OCH3 is 1. The van der Waals surface area contributed by atoms with Crippen molar-refractivity contribution in [2.45, 2.75) is 40.0 Å². The number of hydrogen-bond donors (Lipinski definition) is 1. The summed E-state index contributed by atoms with van der Waals surface area (Å²) in [4.78, 5) is 39.5. The molecule has 8 heteroatoms. The number of nitrogens with one attached hydrogen (secondary N) is 1. The van der Waals surface area contributed by atoms with Crippen LogP contribution < -0.4 is 10.1 Å². The van der Waals surface area contributed by atoms with E-state index >= 15 is 0 Å². The van der Waals surface area contributed by atoms with Gasteiger partial charge in [-0.25, -0.2) is 4.79 Å². The third-order valence-corrected chi connectivity index (χ3v) is 6.99.